The summed E-state index contributed by atoms with van der Waals surface area (Å²) >= 11 is 0. The number of anilines is 1. The Bertz CT molecular complexity index is 217. The van der Waals surface area contributed by atoms with Gasteiger partial charge >= 0.3 is 0 Å². The molecule has 1 aromatic rings. The number of pyridine rings is 1. The van der Waals surface area contributed by atoms with Crippen LogP contribution < -0.4 is 5.73 Å². The van der Waals surface area contributed by atoms with Crippen LogP contribution in [-0.4, -0.2) is 30.0 Å². The fourth-order valence-corrected chi connectivity index (χ4v) is 1.25. The largest absolute Gasteiger partial charge is 0.384 e. The van der Waals surface area contributed by atoms with Crippen molar-refractivity contribution >= 4 is 5.82 Å². The Balaban J connectivity index is 0.000000132. The van der Waals surface area contributed by atoms with Gasteiger partial charge in [-0.05, 0) is 45.1 Å². The van der Waals surface area contributed by atoms with E-state index >= 15 is 0 Å². The quantitative estimate of drug-likeness (QED) is 0.654. The molecule has 13 heavy (non-hydrogen) atoms. The van der Waals surface area contributed by atoms with Crippen LogP contribution in [0.15, 0.2) is 24.4 Å². The van der Waals surface area contributed by atoms with Gasteiger partial charge < -0.3 is 10.6 Å². The molecule has 1 saturated heterocycles. The van der Waals surface area contributed by atoms with E-state index in [0.29, 0.717) is 5.82 Å². The molecule has 3 heteroatoms. The lowest BCUT2D eigenvalue weighted by molar-refractivity contribution is 0.418. The highest BCUT2D eigenvalue weighted by Crippen LogP contribution is 2.02. The van der Waals surface area contributed by atoms with Crippen LogP contribution in [-0.2, 0) is 0 Å². The van der Waals surface area contributed by atoms with Crippen molar-refractivity contribution in [3.05, 3.63) is 24.4 Å². The Hall–Kier alpha value is -1.09. The van der Waals surface area contributed by atoms with Gasteiger partial charge in [-0.3, -0.25) is 0 Å². The maximum Gasteiger partial charge on any atom is 0.123 e. The molecule has 0 amide bonds. The lowest BCUT2D eigenvalue weighted by Crippen LogP contribution is -2.10. The predicted molar refractivity (Wildman–Crippen MR) is 55.4 cm³/mol. The third-order valence-electron chi connectivity index (χ3n) is 2.02. The molecule has 72 valence electrons. The average Bonchev–Trinajstić information content (AvgIpc) is 2.58. The number of hydrogen-bond acceptors (Lipinski definition) is 3. The predicted octanol–water partition coefficient (Wildman–Crippen LogP) is 1.38. The first-order valence-electron chi connectivity index (χ1n) is 4.64. The molecule has 2 heterocycles. The molecular formula is C10H17N3. The van der Waals surface area contributed by atoms with Crippen molar-refractivity contribution < 1.29 is 0 Å². The smallest absolute Gasteiger partial charge is 0.123 e. The van der Waals surface area contributed by atoms with Crippen molar-refractivity contribution in [3.63, 3.8) is 0 Å². The van der Waals surface area contributed by atoms with Gasteiger partial charge in [0.25, 0.3) is 0 Å². The zero-order chi connectivity index (χ0) is 9.52. The summed E-state index contributed by atoms with van der Waals surface area (Å²) in [6, 6.07) is 5.43. The van der Waals surface area contributed by atoms with Gasteiger partial charge in [0, 0.05) is 6.20 Å². The summed E-state index contributed by atoms with van der Waals surface area (Å²) < 4.78 is 0. The second kappa shape index (κ2) is 5.54. The lowest BCUT2D eigenvalue weighted by Gasteiger charge is -2.01. The molecule has 0 bridgehead atoms. The molecule has 0 atom stereocenters. The second-order valence-electron chi connectivity index (χ2n) is 3.26. The number of aromatic nitrogens is 1. The minimum atomic E-state index is 0.572. The third kappa shape index (κ3) is 4.48. The number of rotatable bonds is 0. The van der Waals surface area contributed by atoms with Crippen LogP contribution in [0.5, 0.6) is 0 Å². The van der Waals surface area contributed by atoms with E-state index in [1.54, 1.807) is 12.3 Å². The van der Waals surface area contributed by atoms with Gasteiger partial charge in [-0.1, -0.05) is 6.07 Å². The van der Waals surface area contributed by atoms with Crippen molar-refractivity contribution in [1.82, 2.24) is 9.88 Å². The van der Waals surface area contributed by atoms with Crippen LogP contribution in [0.4, 0.5) is 5.82 Å². The molecule has 1 aliphatic rings. The highest BCUT2D eigenvalue weighted by atomic mass is 15.1. The van der Waals surface area contributed by atoms with Crippen molar-refractivity contribution in [1.29, 1.82) is 0 Å². The zero-order valence-electron chi connectivity index (χ0n) is 8.11. The lowest BCUT2D eigenvalue weighted by atomic mass is 10.4. The van der Waals surface area contributed by atoms with E-state index in [1.807, 2.05) is 12.1 Å². The summed E-state index contributed by atoms with van der Waals surface area (Å²) in [6.07, 6.45) is 4.49. The van der Waals surface area contributed by atoms with Crippen molar-refractivity contribution in [2.45, 2.75) is 12.8 Å². The van der Waals surface area contributed by atoms with Gasteiger partial charge in [-0.2, -0.15) is 0 Å². The standard InChI is InChI=1S/C5H6N2.C5H11N/c6-5-3-1-2-4-7-5;1-6-4-2-3-5-6/h1-4H,(H2,6,7);2-5H2,1H3. The van der Waals surface area contributed by atoms with E-state index in [2.05, 4.69) is 16.9 Å². The fraction of sp³-hybridized carbons (Fsp3) is 0.500. The Kier molecular flexibility index (Phi) is 4.26. The van der Waals surface area contributed by atoms with Crippen molar-refractivity contribution in [3.8, 4) is 0 Å². The monoisotopic (exact) mass is 179 g/mol. The first-order chi connectivity index (χ1) is 6.29. The SMILES string of the molecule is CN1CCCC1.Nc1ccccn1. The molecule has 1 aliphatic heterocycles. The summed E-state index contributed by atoms with van der Waals surface area (Å²) in [5.41, 5.74) is 5.25. The van der Waals surface area contributed by atoms with E-state index in [0.717, 1.165) is 0 Å². The molecule has 1 aromatic heterocycles. The first-order valence-corrected chi connectivity index (χ1v) is 4.64. The Labute approximate surface area is 79.6 Å². The van der Waals surface area contributed by atoms with Gasteiger partial charge in [0.1, 0.15) is 5.82 Å². The summed E-state index contributed by atoms with van der Waals surface area (Å²) in [6.45, 7) is 2.64. The van der Waals surface area contributed by atoms with E-state index in [-0.39, 0.29) is 0 Å². The fourth-order valence-electron chi connectivity index (χ4n) is 1.25. The molecule has 0 aromatic carbocycles. The van der Waals surface area contributed by atoms with Crippen LogP contribution in [0.25, 0.3) is 0 Å². The molecule has 0 unspecified atom stereocenters. The Morgan fingerprint density at radius 2 is 2.00 bits per heavy atom. The number of nitrogen functional groups attached to an aromatic ring is 1. The number of likely N-dealkylation sites (tertiary alicyclic amines) is 1. The van der Waals surface area contributed by atoms with Gasteiger partial charge in [0.2, 0.25) is 0 Å². The molecule has 0 radical (unpaired) electrons. The Morgan fingerprint density at radius 1 is 1.31 bits per heavy atom. The van der Waals surface area contributed by atoms with E-state index in [9.17, 15) is 0 Å². The molecule has 0 spiro atoms. The molecule has 2 N–H and O–H groups in total. The highest BCUT2D eigenvalue weighted by molar-refractivity contribution is 5.25. The summed E-state index contributed by atoms with van der Waals surface area (Å²) in [5.74, 6) is 0.572. The van der Waals surface area contributed by atoms with Crippen molar-refractivity contribution in [2.24, 2.45) is 0 Å². The Morgan fingerprint density at radius 3 is 2.23 bits per heavy atom. The maximum absolute atomic E-state index is 5.25. The van der Waals surface area contributed by atoms with Crippen LogP contribution in [0, 0.1) is 0 Å². The minimum absolute atomic E-state index is 0.572. The van der Waals surface area contributed by atoms with E-state index in [4.69, 9.17) is 5.73 Å². The molecule has 3 nitrogen and oxygen atoms in total. The second-order valence-corrected chi connectivity index (χ2v) is 3.26. The normalized spacial score (nSPS) is 16.4. The summed E-state index contributed by atoms with van der Waals surface area (Å²) in [5, 5.41) is 0. The molecule has 0 aliphatic carbocycles. The van der Waals surface area contributed by atoms with Crippen LogP contribution in [0.3, 0.4) is 0 Å². The topological polar surface area (TPSA) is 42.1 Å². The first kappa shape index (κ1) is 9.99. The molecule has 1 fully saturated rings. The summed E-state index contributed by atoms with van der Waals surface area (Å²) in [4.78, 5) is 6.12. The number of nitrogens with two attached hydrogens (primary N) is 1. The molecule has 2 rings (SSSR count). The van der Waals surface area contributed by atoms with Crippen LogP contribution in [0.2, 0.25) is 0 Å². The maximum atomic E-state index is 5.25. The summed E-state index contributed by atoms with van der Waals surface area (Å²) in [7, 11) is 2.17. The van der Waals surface area contributed by atoms with Crippen LogP contribution in [0.1, 0.15) is 12.8 Å². The zero-order valence-corrected chi connectivity index (χ0v) is 8.11. The van der Waals surface area contributed by atoms with Gasteiger partial charge in [0.15, 0.2) is 0 Å². The number of hydrogen-bond donors (Lipinski definition) is 1. The van der Waals surface area contributed by atoms with Gasteiger partial charge in [0.05, 0.1) is 0 Å². The average molecular weight is 179 g/mol. The third-order valence-corrected chi connectivity index (χ3v) is 2.02. The number of nitrogens with zero attached hydrogens (tertiary/aromatic N) is 2. The highest BCUT2D eigenvalue weighted by Gasteiger charge is 2.03. The van der Waals surface area contributed by atoms with E-state index in [1.165, 1.54) is 25.9 Å². The minimum Gasteiger partial charge on any atom is -0.384 e. The van der Waals surface area contributed by atoms with Gasteiger partial charge in [-0.15, -0.1) is 0 Å². The molecule has 0 saturated carbocycles. The van der Waals surface area contributed by atoms with Crippen molar-refractivity contribution in [2.75, 3.05) is 25.9 Å². The van der Waals surface area contributed by atoms with Gasteiger partial charge in [-0.25, -0.2) is 4.98 Å². The van der Waals surface area contributed by atoms with E-state index < -0.39 is 0 Å². The molecular weight excluding hydrogens is 162 g/mol. The van der Waals surface area contributed by atoms with Crippen LogP contribution >= 0.6 is 0 Å².